The molecule has 5 aliphatic heterocycles. The highest BCUT2D eigenvalue weighted by atomic mass is 32.2. The van der Waals surface area contributed by atoms with Gasteiger partial charge in [0, 0.05) is 32.0 Å². The third-order valence-corrected chi connectivity index (χ3v) is 14.8. The predicted octanol–water partition coefficient (Wildman–Crippen LogP) is 0.205. The molecule has 0 aromatic heterocycles. The lowest BCUT2D eigenvalue weighted by molar-refractivity contribution is -0.224. The maximum Gasteiger partial charge on any atom is 0.280 e. The van der Waals surface area contributed by atoms with Gasteiger partial charge >= 0.3 is 0 Å². The molecule has 52 heavy (non-hydrogen) atoms. The van der Waals surface area contributed by atoms with E-state index < -0.39 is 86.3 Å². The van der Waals surface area contributed by atoms with Crippen molar-refractivity contribution in [2.24, 2.45) is 0 Å². The molecule has 9 rings (SSSR count). The molecule has 3 aromatic carbocycles. The smallest absolute Gasteiger partial charge is 0.280 e. The molecule has 4 amide bonds. The van der Waals surface area contributed by atoms with E-state index in [0.29, 0.717) is 11.1 Å². The van der Waals surface area contributed by atoms with E-state index in [1.165, 1.54) is 38.1 Å². The molecule has 0 bridgehead atoms. The zero-order valence-electron chi connectivity index (χ0n) is 28.8. The summed E-state index contributed by atoms with van der Waals surface area (Å²) in [5.74, 6) is -3.38. The first-order valence-corrected chi connectivity index (χ1v) is 18.5. The van der Waals surface area contributed by atoms with Gasteiger partial charge in [-0.05, 0) is 61.6 Å². The van der Waals surface area contributed by atoms with E-state index in [0.717, 1.165) is 31.5 Å². The van der Waals surface area contributed by atoms with Crippen LogP contribution in [0.25, 0.3) is 0 Å². The molecule has 5 heterocycles. The van der Waals surface area contributed by atoms with Crippen LogP contribution in [-0.4, -0.2) is 116 Å². The number of fused-ring (bicyclic) bond motifs is 11. The Morgan fingerprint density at radius 3 is 2.00 bits per heavy atom. The van der Waals surface area contributed by atoms with Gasteiger partial charge in [0.25, 0.3) is 27.7 Å². The minimum absolute atomic E-state index is 0.0811. The van der Waals surface area contributed by atoms with E-state index in [1.54, 1.807) is 48.5 Å². The van der Waals surface area contributed by atoms with Crippen LogP contribution in [0.5, 0.6) is 0 Å². The summed E-state index contributed by atoms with van der Waals surface area (Å²) in [7, 11) is -2.06. The number of sulfonamides is 1. The Balaban J connectivity index is 1.42. The standard InChI is InChI=1S/C37H37N5O9S/c1-33(47)30(44)40-26(28(43)38(33)3)19-35(23-15-9-8-12-21(23)18-27(35)40)36-20-37(49)32(46)39(4)34(2,48)31(45)41(37)29(36)42(25-17-11-10-16-24(25)36)52(50,51)22-13-6-5-7-14-22/h5-17,26-27,29,47-49H,18-20H2,1-4H3/t26-,27-,29-,33+,34+,35-,36-,37+/m0/s1. The molecule has 15 heteroatoms. The van der Waals surface area contributed by atoms with E-state index in [4.69, 9.17) is 0 Å². The molecule has 3 N–H and O–H groups in total. The highest BCUT2D eigenvalue weighted by Crippen LogP contribution is 2.72. The first-order valence-electron chi connectivity index (χ1n) is 17.1. The number of carbonyl (C=O) groups excluding carboxylic acids is 4. The lowest BCUT2D eigenvalue weighted by Gasteiger charge is -2.51. The summed E-state index contributed by atoms with van der Waals surface area (Å²) in [5, 5.41) is 35.9. The Labute approximate surface area is 299 Å². The number of nitrogens with zero attached hydrogens (tertiary/aromatic N) is 5. The van der Waals surface area contributed by atoms with E-state index in [9.17, 15) is 34.5 Å². The molecule has 8 atom stereocenters. The molecule has 0 radical (unpaired) electrons. The normalized spacial score (nSPS) is 37.6. The van der Waals surface area contributed by atoms with Gasteiger partial charge in [-0.2, -0.15) is 0 Å². The number of carbonyl (C=O) groups is 4. The number of rotatable bonds is 3. The summed E-state index contributed by atoms with van der Waals surface area (Å²) in [6.07, 6.45) is -2.09. The zero-order chi connectivity index (χ0) is 37.1. The molecule has 270 valence electrons. The number of likely N-dealkylation sites (N-methyl/N-ethyl adjacent to an activating group) is 2. The fraction of sp³-hybridized carbons (Fsp3) is 0.405. The second-order valence-corrected chi connectivity index (χ2v) is 17.0. The van der Waals surface area contributed by atoms with Crippen LogP contribution in [0.1, 0.15) is 43.4 Å². The van der Waals surface area contributed by atoms with Crippen molar-refractivity contribution in [2.75, 3.05) is 18.4 Å². The zero-order valence-corrected chi connectivity index (χ0v) is 29.6. The SMILES string of the molecule is CN1C(=O)[C@@H]2C[C@]3([C@]45C[C@@]6(O)C(=O)N(C)[C@](C)(O)C(=O)N6[C@H]4N(S(=O)(=O)c4ccccc4)c4ccccc45)c4ccccc4C[C@@H]3N2C(=O)[C@@]1(C)O. The number of para-hydroxylation sites is 1. The number of benzene rings is 3. The van der Waals surface area contributed by atoms with Crippen LogP contribution in [-0.2, 0) is 46.5 Å². The van der Waals surface area contributed by atoms with Gasteiger partial charge in [0.2, 0.25) is 23.1 Å². The van der Waals surface area contributed by atoms with Crippen LogP contribution < -0.4 is 4.31 Å². The van der Waals surface area contributed by atoms with Gasteiger partial charge in [-0.25, -0.2) is 12.7 Å². The number of anilines is 1. The molecule has 14 nitrogen and oxygen atoms in total. The first-order chi connectivity index (χ1) is 24.4. The molecule has 0 saturated carbocycles. The van der Waals surface area contributed by atoms with Crippen molar-refractivity contribution < 1.29 is 42.9 Å². The van der Waals surface area contributed by atoms with E-state index in [-0.39, 0.29) is 23.4 Å². The van der Waals surface area contributed by atoms with E-state index in [2.05, 4.69) is 0 Å². The van der Waals surface area contributed by atoms with Crippen molar-refractivity contribution in [3.05, 3.63) is 95.6 Å². The number of piperazine rings is 2. The van der Waals surface area contributed by atoms with Gasteiger partial charge in [0.1, 0.15) is 12.2 Å². The Morgan fingerprint density at radius 1 is 0.712 bits per heavy atom. The van der Waals surface area contributed by atoms with Crippen LogP contribution in [0, 0.1) is 0 Å². The van der Waals surface area contributed by atoms with Gasteiger partial charge in [-0.3, -0.25) is 24.1 Å². The average Bonchev–Trinajstić information content (AvgIpc) is 3.81. The monoisotopic (exact) mass is 727 g/mol. The van der Waals surface area contributed by atoms with Gasteiger partial charge < -0.3 is 30.0 Å². The molecule has 4 saturated heterocycles. The summed E-state index contributed by atoms with van der Waals surface area (Å²) in [6, 6.07) is 19.6. The van der Waals surface area contributed by atoms with Gasteiger partial charge in [0.05, 0.1) is 16.0 Å². The maximum atomic E-state index is 15.1. The van der Waals surface area contributed by atoms with Gasteiger partial charge in [0.15, 0.2) is 0 Å². The van der Waals surface area contributed by atoms with Crippen LogP contribution in [0.4, 0.5) is 5.69 Å². The van der Waals surface area contributed by atoms with Gasteiger partial charge in [-0.1, -0.05) is 60.7 Å². The second-order valence-electron chi connectivity index (χ2n) is 15.2. The molecule has 0 spiro atoms. The van der Waals surface area contributed by atoms with Gasteiger partial charge in [-0.15, -0.1) is 0 Å². The number of hydrogen-bond donors (Lipinski definition) is 3. The number of aliphatic hydroxyl groups is 3. The van der Waals surface area contributed by atoms with Crippen molar-refractivity contribution in [2.45, 2.75) is 84.3 Å². The molecule has 1 aliphatic carbocycles. The largest absolute Gasteiger partial charge is 0.363 e. The van der Waals surface area contributed by atoms with E-state index in [1.807, 2.05) is 18.2 Å². The van der Waals surface area contributed by atoms with Crippen LogP contribution in [0.2, 0.25) is 0 Å². The highest BCUT2D eigenvalue weighted by Gasteiger charge is 2.84. The lowest BCUT2D eigenvalue weighted by atomic mass is 9.53. The quantitative estimate of drug-likeness (QED) is 0.340. The highest BCUT2D eigenvalue weighted by molar-refractivity contribution is 7.93. The van der Waals surface area contributed by atoms with Crippen LogP contribution in [0.3, 0.4) is 0 Å². The van der Waals surface area contributed by atoms with Crippen molar-refractivity contribution in [3.63, 3.8) is 0 Å². The summed E-state index contributed by atoms with van der Waals surface area (Å²) < 4.78 is 31.3. The number of hydrogen-bond acceptors (Lipinski definition) is 9. The third-order valence-electron chi connectivity index (χ3n) is 13.0. The Bertz CT molecular complexity index is 2270. The second kappa shape index (κ2) is 9.77. The lowest BCUT2D eigenvalue weighted by Crippen LogP contribution is -2.76. The number of amides is 4. The fourth-order valence-electron chi connectivity index (χ4n) is 10.5. The summed E-state index contributed by atoms with van der Waals surface area (Å²) in [6.45, 7) is 2.36. The average molecular weight is 728 g/mol. The van der Waals surface area contributed by atoms with Crippen molar-refractivity contribution in [3.8, 4) is 0 Å². The molecular weight excluding hydrogens is 690 g/mol. The molecule has 4 fully saturated rings. The van der Waals surface area contributed by atoms with Crippen molar-refractivity contribution >= 4 is 39.3 Å². The predicted molar refractivity (Wildman–Crippen MR) is 182 cm³/mol. The van der Waals surface area contributed by atoms with E-state index >= 15 is 8.42 Å². The summed E-state index contributed by atoms with van der Waals surface area (Å²) in [4.78, 5) is 61.6. The molecule has 3 aromatic rings. The molecule has 0 unspecified atom stereocenters. The summed E-state index contributed by atoms with van der Waals surface area (Å²) >= 11 is 0. The Morgan fingerprint density at radius 2 is 1.31 bits per heavy atom. The maximum absolute atomic E-state index is 15.1. The van der Waals surface area contributed by atoms with Crippen LogP contribution in [0.15, 0.2) is 83.8 Å². The minimum atomic E-state index is -4.60. The Kier molecular flexibility index (Phi) is 6.21. The summed E-state index contributed by atoms with van der Waals surface area (Å²) in [5.41, 5.74) is -8.49. The molecular formula is C37H37N5O9S. The molecule has 6 aliphatic rings. The minimum Gasteiger partial charge on any atom is -0.363 e. The topological polar surface area (TPSA) is 179 Å². The van der Waals surface area contributed by atoms with Crippen molar-refractivity contribution in [1.29, 1.82) is 0 Å². The fourth-order valence-corrected chi connectivity index (χ4v) is 12.2. The van der Waals surface area contributed by atoms with Crippen LogP contribution >= 0.6 is 0 Å². The van der Waals surface area contributed by atoms with Crippen molar-refractivity contribution in [1.82, 2.24) is 19.6 Å². The third kappa shape index (κ3) is 3.39. The first kappa shape index (κ1) is 33.0. The Hall–Kier alpha value is -4.83.